The van der Waals surface area contributed by atoms with Gasteiger partial charge in [-0.3, -0.25) is 4.79 Å². The Kier molecular flexibility index (Phi) is 7.16. The predicted octanol–water partition coefficient (Wildman–Crippen LogP) is 6.44. The minimum atomic E-state index is -0.499. The molecule has 0 atom stereocenters. The highest BCUT2D eigenvalue weighted by Gasteiger charge is 2.23. The number of aromatic hydroxyl groups is 1. The van der Waals surface area contributed by atoms with E-state index in [4.69, 9.17) is 4.74 Å². The Morgan fingerprint density at radius 1 is 1.00 bits per heavy atom. The second-order valence-electron chi connectivity index (χ2n) is 8.44. The van der Waals surface area contributed by atoms with Gasteiger partial charge in [-0.15, -0.1) is 0 Å². The molecule has 0 spiro atoms. The van der Waals surface area contributed by atoms with Gasteiger partial charge in [0.25, 0.3) is 5.91 Å². The van der Waals surface area contributed by atoms with Gasteiger partial charge in [-0.2, -0.15) is 0 Å². The van der Waals surface area contributed by atoms with Crippen LogP contribution in [0.2, 0.25) is 0 Å². The Labute approximate surface area is 189 Å². The number of rotatable bonds is 8. The molecule has 164 valence electrons. The third kappa shape index (κ3) is 6.61. The molecule has 3 aromatic carbocycles. The minimum Gasteiger partial charge on any atom is -0.508 e. The molecule has 2 N–H and O–H groups in total. The highest BCUT2D eigenvalue weighted by molar-refractivity contribution is 6.02. The average molecular weight is 428 g/mol. The number of nitrogens with one attached hydrogen (secondary N) is 1. The molecule has 3 aromatic rings. The Bertz CT molecular complexity index is 1100. The summed E-state index contributed by atoms with van der Waals surface area (Å²) in [6.07, 6.45) is 2.68. The zero-order valence-electron chi connectivity index (χ0n) is 18.8. The summed E-state index contributed by atoms with van der Waals surface area (Å²) in [7, 11) is 0. The standard InChI is InChI=1S/C28H29NO3/c1-20(2)27(31)29-24-14-10-22(11-15-24)19-28(3,4)32-26(18-21-8-6-5-7-9-21)23-12-16-25(30)17-13-23/h5-18,30H,1,19H2,2-4H3,(H,29,31). The quantitative estimate of drug-likeness (QED) is 0.247. The number of hydrogen-bond donors (Lipinski definition) is 2. The molecule has 0 aliphatic rings. The summed E-state index contributed by atoms with van der Waals surface area (Å²) in [5, 5.41) is 12.5. The highest BCUT2D eigenvalue weighted by atomic mass is 16.5. The van der Waals surface area contributed by atoms with Crippen LogP contribution in [0.5, 0.6) is 5.75 Å². The predicted molar refractivity (Wildman–Crippen MR) is 131 cm³/mol. The number of carbonyl (C=O) groups is 1. The molecule has 3 rings (SSSR count). The van der Waals surface area contributed by atoms with E-state index in [1.165, 1.54) is 0 Å². The Morgan fingerprint density at radius 3 is 2.22 bits per heavy atom. The third-order valence-corrected chi connectivity index (χ3v) is 4.86. The van der Waals surface area contributed by atoms with E-state index in [0.29, 0.717) is 12.0 Å². The average Bonchev–Trinajstić information content (AvgIpc) is 2.75. The summed E-state index contributed by atoms with van der Waals surface area (Å²) >= 11 is 0. The fourth-order valence-electron chi connectivity index (χ4n) is 3.27. The molecule has 0 unspecified atom stereocenters. The maximum absolute atomic E-state index is 11.8. The number of benzene rings is 3. The van der Waals surface area contributed by atoms with Gasteiger partial charge >= 0.3 is 0 Å². The Morgan fingerprint density at radius 2 is 1.62 bits per heavy atom. The summed E-state index contributed by atoms with van der Waals surface area (Å²) in [5.41, 5.74) is 3.71. The van der Waals surface area contributed by atoms with Crippen LogP contribution in [0.15, 0.2) is 91.0 Å². The number of phenols is 1. The Hall–Kier alpha value is -3.79. The molecule has 0 aliphatic heterocycles. The van der Waals surface area contributed by atoms with E-state index in [1.807, 2.05) is 86.7 Å². The number of anilines is 1. The first-order valence-corrected chi connectivity index (χ1v) is 10.5. The van der Waals surface area contributed by atoms with Crippen LogP contribution in [0.4, 0.5) is 5.69 Å². The van der Waals surface area contributed by atoms with Crippen LogP contribution < -0.4 is 5.32 Å². The molecule has 0 aromatic heterocycles. The second kappa shape index (κ2) is 10.0. The van der Waals surface area contributed by atoms with Crippen LogP contribution >= 0.6 is 0 Å². The summed E-state index contributed by atoms with van der Waals surface area (Å²) < 4.78 is 6.50. The topological polar surface area (TPSA) is 58.6 Å². The van der Waals surface area contributed by atoms with Crippen LogP contribution in [-0.2, 0) is 16.0 Å². The van der Waals surface area contributed by atoms with Gasteiger partial charge in [-0.05, 0) is 74.4 Å². The lowest BCUT2D eigenvalue weighted by molar-refractivity contribution is -0.112. The fourth-order valence-corrected chi connectivity index (χ4v) is 3.27. The molecular formula is C28H29NO3. The largest absolute Gasteiger partial charge is 0.508 e. The van der Waals surface area contributed by atoms with Crippen LogP contribution in [0.1, 0.15) is 37.5 Å². The van der Waals surface area contributed by atoms with E-state index in [9.17, 15) is 9.90 Å². The number of amides is 1. The van der Waals surface area contributed by atoms with Crippen LogP contribution in [-0.4, -0.2) is 16.6 Å². The zero-order valence-corrected chi connectivity index (χ0v) is 18.8. The minimum absolute atomic E-state index is 0.189. The molecule has 0 saturated carbocycles. The second-order valence-corrected chi connectivity index (χ2v) is 8.44. The van der Waals surface area contributed by atoms with Gasteiger partial charge < -0.3 is 15.2 Å². The van der Waals surface area contributed by atoms with Crippen LogP contribution in [0, 0.1) is 0 Å². The molecule has 0 heterocycles. The van der Waals surface area contributed by atoms with Crippen molar-refractivity contribution in [3.8, 4) is 5.75 Å². The van der Waals surface area contributed by atoms with E-state index in [0.717, 1.165) is 28.1 Å². The first kappa shape index (κ1) is 22.9. The molecule has 32 heavy (non-hydrogen) atoms. The summed E-state index contributed by atoms with van der Waals surface area (Å²) in [6.45, 7) is 9.42. The van der Waals surface area contributed by atoms with Crippen molar-refractivity contribution in [2.45, 2.75) is 32.8 Å². The maximum Gasteiger partial charge on any atom is 0.250 e. The van der Waals surface area contributed by atoms with Crippen molar-refractivity contribution in [2.24, 2.45) is 0 Å². The SMILES string of the molecule is C=C(C)C(=O)Nc1ccc(CC(C)(C)OC(=Cc2ccccc2)c2ccc(O)cc2)cc1. The molecule has 0 saturated heterocycles. The van der Waals surface area contributed by atoms with E-state index in [2.05, 4.69) is 11.9 Å². The first-order valence-electron chi connectivity index (χ1n) is 10.5. The molecule has 4 heteroatoms. The van der Waals surface area contributed by atoms with Gasteiger partial charge in [0.2, 0.25) is 0 Å². The number of ether oxygens (including phenoxy) is 1. The van der Waals surface area contributed by atoms with E-state index in [1.54, 1.807) is 19.1 Å². The van der Waals surface area contributed by atoms with Gasteiger partial charge in [0.05, 0.1) is 0 Å². The number of carbonyl (C=O) groups excluding carboxylic acids is 1. The molecule has 0 bridgehead atoms. The molecule has 0 radical (unpaired) electrons. The van der Waals surface area contributed by atoms with Gasteiger partial charge in [0.1, 0.15) is 17.1 Å². The first-order chi connectivity index (χ1) is 15.2. The lowest BCUT2D eigenvalue weighted by Gasteiger charge is -2.29. The molecule has 1 amide bonds. The third-order valence-electron chi connectivity index (χ3n) is 4.86. The van der Waals surface area contributed by atoms with Crippen molar-refractivity contribution < 1.29 is 14.6 Å². The highest BCUT2D eigenvalue weighted by Crippen LogP contribution is 2.29. The van der Waals surface area contributed by atoms with Crippen molar-refractivity contribution in [1.82, 2.24) is 0 Å². The Balaban J connectivity index is 1.79. The van der Waals surface area contributed by atoms with Crippen molar-refractivity contribution in [3.63, 3.8) is 0 Å². The number of phenolic OH excluding ortho intramolecular Hbond substituents is 1. The number of hydrogen-bond acceptors (Lipinski definition) is 3. The zero-order chi connectivity index (χ0) is 23.1. The summed E-state index contributed by atoms with van der Waals surface area (Å²) in [5.74, 6) is 0.753. The normalized spacial score (nSPS) is 11.7. The van der Waals surface area contributed by atoms with Crippen molar-refractivity contribution >= 4 is 23.4 Å². The van der Waals surface area contributed by atoms with E-state index >= 15 is 0 Å². The van der Waals surface area contributed by atoms with E-state index < -0.39 is 5.60 Å². The van der Waals surface area contributed by atoms with Gasteiger partial charge in [0.15, 0.2) is 0 Å². The lowest BCUT2D eigenvalue weighted by atomic mass is 9.97. The molecule has 0 fully saturated rings. The van der Waals surface area contributed by atoms with Crippen molar-refractivity contribution in [3.05, 3.63) is 108 Å². The van der Waals surface area contributed by atoms with Gasteiger partial charge in [-0.25, -0.2) is 0 Å². The molecule has 4 nitrogen and oxygen atoms in total. The summed E-state index contributed by atoms with van der Waals surface area (Å²) in [4.78, 5) is 11.8. The fraction of sp³-hybridized carbons (Fsp3) is 0.179. The van der Waals surface area contributed by atoms with Gasteiger partial charge in [0, 0.05) is 23.2 Å². The smallest absolute Gasteiger partial charge is 0.250 e. The van der Waals surface area contributed by atoms with Crippen LogP contribution in [0.3, 0.4) is 0 Å². The summed E-state index contributed by atoms with van der Waals surface area (Å²) in [6, 6.07) is 24.7. The van der Waals surface area contributed by atoms with E-state index in [-0.39, 0.29) is 11.7 Å². The van der Waals surface area contributed by atoms with Crippen LogP contribution in [0.25, 0.3) is 11.8 Å². The van der Waals surface area contributed by atoms with Crippen molar-refractivity contribution in [2.75, 3.05) is 5.32 Å². The maximum atomic E-state index is 11.8. The lowest BCUT2D eigenvalue weighted by Crippen LogP contribution is -2.26. The van der Waals surface area contributed by atoms with Gasteiger partial charge in [-0.1, -0.05) is 49.0 Å². The molecule has 0 aliphatic carbocycles. The molecular weight excluding hydrogens is 398 g/mol. The monoisotopic (exact) mass is 427 g/mol. The van der Waals surface area contributed by atoms with Crippen molar-refractivity contribution in [1.29, 1.82) is 0 Å².